The highest BCUT2D eigenvalue weighted by Crippen LogP contribution is 2.43. The number of likely N-dealkylation sites (tertiary alicyclic amines) is 1. The predicted molar refractivity (Wildman–Crippen MR) is 128 cm³/mol. The van der Waals surface area contributed by atoms with Gasteiger partial charge in [-0.3, -0.25) is 4.79 Å². The predicted octanol–water partition coefficient (Wildman–Crippen LogP) is 3.25. The largest absolute Gasteiger partial charge is 0.480 e. The van der Waals surface area contributed by atoms with Gasteiger partial charge in [-0.15, -0.1) is 10.2 Å². The molecule has 0 bridgehead atoms. The zero-order valence-electron chi connectivity index (χ0n) is 19.4. The fourth-order valence-corrected chi connectivity index (χ4v) is 5.21. The zero-order chi connectivity index (χ0) is 24.3. The summed E-state index contributed by atoms with van der Waals surface area (Å²) in [5.74, 6) is 1.33. The molecule has 0 saturated carbocycles. The minimum atomic E-state index is -1.06. The van der Waals surface area contributed by atoms with Crippen LogP contribution < -0.4 is 15.0 Å². The van der Waals surface area contributed by atoms with Gasteiger partial charge >= 0.3 is 6.09 Å². The van der Waals surface area contributed by atoms with Gasteiger partial charge in [-0.05, 0) is 36.6 Å². The summed E-state index contributed by atoms with van der Waals surface area (Å²) in [6, 6.07) is 11.3. The second-order valence-corrected chi connectivity index (χ2v) is 9.77. The number of piperidine rings is 1. The van der Waals surface area contributed by atoms with E-state index in [0.717, 1.165) is 37.3 Å². The van der Waals surface area contributed by atoms with Gasteiger partial charge in [-0.1, -0.05) is 30.7 Å². The number of carboxylic acid groups (broad SMARTS) is 1. The van der Waals surface area contributed by atoms with Crippen molar-refractivity contribution in [1.29, 1.82) is 0 Å². The van der Waals surface area contributed by atoms with Gasteiger partial charge in [0.1, 0.15) is 0 Å². The Morgan fingerprint density at radius 2 is 1.88 bits per heavy atom. The lowest BCUT2D eigenvalue weighted by Gasteiger charge is -2.34. The van der Waals surface area contributed by atoms with E-state index in [0.29, 0.717) is 24.0 Å². The Morgan fingerprint density at radius 1 is 1.18 bits per heavy atom. The highest BCUT2D eigenvalue weighted by molar-refractivity contribution is 6.30. The summed E-state index contributed by atoms with van der Waals surface area (Å²) in [4.78, 5) is 28.7. The maximum atomic E-state index is 13.5. The first-order valence-corrected chi connectivity index (χ1v) is 11.8. The van der Waals surface area contributed by atoms with E-state index in [1.165, 1.54) is 0 Å². The van der Waals surface area contributed by atoms with Crippen molar-refractivity contribution >= 4 is 29.4 Å². The third-order valence-corrected chi connectivity index (χ3v) is 7.28. The number of aromatic nitrogens is 2. The summed E-state index contributed by atoms with van der Waals surface area (Å²) < 4.78 is 5.07. The van der Waals surface area contributed by atoms with Crippen molar-refractivity contribution < 1.29 is 19.4 Å². The molecule has 2 amide bonds. The van der Waals surface area contributed by atoms with Crippen LogP contribution in [-0.4, -0.2) is 72.0 Å². The van der Waals surface area contributed by atoms with Gasteiger partial charge in [0.25, 0.3) is 0 Å². The summed E-state index contributed by atoms with van der Waals surface area (Å²) >= 11 is 6.07. The molecule has 2 aliphatic heterocycles. The van der Waals surface area contributed by atoms with Crippen LogP contribution >= 0.6 is 11.6 Å². The molecule has 2 N–H and O–H groups in total. The van der Waals surface area contributed by atoms with Gasteiger partial charge in [-0.25, -0.2) is 4.79 Å². The Bertz CT molecular complexity index is 1010. The molecule has 2 saturated heterocycles. The van der Waals surface area contributed by atoms with E-state index in [2.05, 4.69) is 20.4 Å². The van der Waals surface area contributed by atoms with Crippen LogP contribution in [0.1, 0.15) is 31.2 Å². The number of ether oxygens (including phenoxy) is 1. The minimum Gasteiger partial charge on any atom is -0.480 e. The number of hydrogen-bond donors (Lipinski definition) is 2. The number of halogens is 1. The molecule has 2 fully saturated rings. The number of nitrogens with zero attached hydrogens (tertiary/aromatic N) is 4. The van der Waals surface area contributed by atoms with E-state index in [4.69, 9.17) is 16.3 Å². The molecule has 1 aromatic carbocycles. The Balaban J connectivity index is 1.43. The Morgan fingerprint density at radius 3 is 2.47 bits per heavy atom. The number of methoxy groups -OCH3 is 1. The van der Waals surface area contributed by atoms with Crippen molar-refractivity contribution in [3.05, 3.63) is 47.0 Å². The normalized spacial score (nSPS) is 23.1. The Kier molecular flexibility index (Phi) is 7.11. The first-order chi connectivity index (χ1) is 16.3. The highest BCUT2D eigenvalue weighted by atomic mass is 35.5. The van der Waals surface area contributed by atoms with Crippen molar-refractivity contribution in [3.63, 3.8) is 0 Å². The van der Waals surface area contributed by atoms with Crippen LogP contribution in [0.3, 0.4) is 0 Å². The molecule has 4 rings (SSSR count). The first kappa shape index (κ1) is 24.1. The fourth-order valence-electron chi connectivity index (χ4n) is 5.08. The molecular formula is C24H30ClN5O4. The molecule has 0 spiro atoms. The maximum Gasteiger partial charge on any atom is 0.404 e. The lowest BCUT2D eigenvalue weighted by atomic mass is 9.76. The molecule has 2 aromatic rings. The van der Waals surface area contributed by atoms with E-state index in [-0.39, 0.29) is 24.3 Å². The molecule has 2 atom stereocenters. The molecule has 182 valence electrons. The maximum absolute atomic E-state index is 13.5. The second-order valence-electron chi connectivity index (χ2n) is 9.33. The molecule has 0 radical (unpaired) electrons. The number of nitrogens with one attached hydrogen (secondary N) is 1. The zero-order valence-corrected chi connectivity index (χ0v) is 20.2. The lowest BCUT2D eigenvalue weighted by Crippen LogP contribution is -2.44. The lowest BCUT2D eigenvalue weighted by molar-refractivity contribution is -0.135. The van der Waals surface area contributed by atoms with Crippen molar-refractivity contribution in [2.24, 2.45) is 11.3 Å². The summed E-state index contributed by atoms with van der Waals surface area (Å²) in [6.45, 7) is 4.83. The Hall–Kier alpha value is -3.07. The Labute approximate surface area is 204 Å². The molecular weight excluding hydrogens is 458 g/mol. The summed E-state index contributed by atoms with van der Waals surface area (Å²) in [6.07, 6.45) is 0.409. The third-order valence-electron chi connectivity index (χ3n) is 7.03. The second kappa shape index (κ2) is 10.0. The van der Waals surface area contributed by atoms with E-state index in [9.17, 15) is 14.7 Å². The highest BCUT2D eigenvalue weighted by Gasteiger charge is 2.46. The quantitative estimate of drug-likeness (QED) is 0.643. The average molecular weight is 488 g/mol. The van der Waals surface area contributed by atoms with Crippen molar-refractivity contribution in [1.82, 2.24) is 20.4 Å². The standard InChI is InChI=1S/C24H30ClN5O4/c1-24(14-26-23(32)33)15-30(13-19(24)16-3-5-18(25)6-4-16)22(31)17-9-11-29(12-10-17)20-7-8-21(34-2)28-27-20/h3-8,17,19,26H,9-15H2,1-2H3,(H,32,33)/t19-,24+/m0/s1. The van der Waals surface area contributed by atoms with Gasteiger partial charge in [0.15, 0.2) is 5.82 Å². The van der Waals surface area contributed by atoms with E-state index in [1.54, 1.807) is 13.2 Å². The van der Waals surface area contributed by atoms with Crippen LogP contribution in [0.25, 0.3) is 0 Å². The van der Waals surface area contributed by atoms with Gasteiger partial charge in [-0.2, -0.15) is 0 Å². The van der Waals surface area contributed by atoms with E-state index >= 15 is 0 Å². The van der Waals surface area contributed by atoms with Crippen LogP contribution in [0.2, 0.25) is 5.02 Å². The molecule has 1 aromatic heterocycles. The summed E-state index contributed by atoms with van der Waals surface area (Å²) in [5, 5.41) is 20.6. The van der Waals surface area contributed by atoms with E-state index in [1.807, 2.05) is 42.2 Å². The van der Waals surface area contributed by atoms with Crippen LogP contribution in [0, 0.1) is 11.3 Å². The van der Waals surface area contributed by atoms with Crippen molar-refractivity contribution in [2.45, 2.75) is 25.7 Å². The molecule has 34 heavy (non-hydrogen) atoms. The molecule has 2 aliphatic rings. The third kappa shape index (κ3) is 5.19. The molecule has 9 nitrogen and oxygen atoms in total. The van der Waals surface area contributed by atoms with Crippen LogP contribution in [-0.2, 0) is 4.79 Å². The van der Waals surface area contributed by atoms with Crippen LogP contribution in [0.15, 0.2) is 36.4 Å². The minimum absolute atomic E-state index is 0.00947. The van der Waals surface area contributed by atoms with Crippen molar-refractivity contribution in [3.8, 4) is 5.88 Å². The first-order valence-electron chi connectivity index (χ1n) is 11.4. The number of anilines is 1. The number of carbonyl (C=O) groups excluding carboxylic acids is 1. The molecule has 0 aliphatic carbocycles. The van der Waals surface area contributed by atoms with Crippen molar-refractivity contribution in [2.75, 3.05) is 44.7 Å². The van der Waals surface area contributed by atoms with Gasteiger partial charge < -0.3 is 25.0 Å². The number of hydrogen-bond acceptors (Lipinski definition) is 6. The van der Waals surface area contributed by atoms with Crippen LogP contribution in [0.5, 0.6) is 5.88 Å². The monoisotopic (exact) mass is 487 g/mol. The number of amides is 2. The molecule has 3 heterocycles. The van der Waals surface area contributed by atoms with E-state index < -0.39 is 11.5 Å². The smallest absolute Gasteiger partial charge is 0.404 e. The van der Waals surface area contributed by atoms with Gasteiger partial charge in [0, 0.05) is 61.1 Å². The average Bonchev–Trinajstić information content (AvgIpc) is 3.20. The fraction of sp³-hybridized carbons (Fsp3) is 0.500. The SMILES string of the molecule is COc1ccc(N2CCC(C(=O)N3C[C@@H](c4ccc(Cl)cc4)[C@](C)(CNC(=O)O)C3)CC2)nn1. The topological polar surface area (TPSA) is 108 Å². The van der Waals surface area contributed by atoms with Gasteiger partial charge in [0.05, 0.1) is 7.11 Å². The summed E-state index contributed by atoms with van der Waals surface area (Å²) in [7, 11) is 1.55. The number of benzene rings is 1. The number of rotatable bonds is 6. The molecule has 10 heteroatoms. The van der Waals surface area contributed by atoms with Gasteiger partial charge in [0.2, 0.25) is 11.8 Å². The molecule has 0 unspecified atom stereocenters. The summed E-state index contributed by atoms with van der Waals surface area (Å²) in [5.41, 5.74) is 0.642. The van der Waals surface area contributed by atoms with Crippen LogP contribution in [0.4, 0.5) is 10.6 Å². The number of carbonyl (C=O) groups is 2.